The lowest BCUT2D eigenvalue weighted by Crippen LogP contribution is -2.36. The zero-order valence-electron chi connectivity index (χ0n) is 20.7. The maximum absolute atomic E-state index is 13.3. The SMILES string of the molecule is COc1ccc2c(c1)CCc1c-2n[nH]c1C(=O)NC[C@@H](CN1Cc2ccccc2C1=O)c1ccccc1. The van der Waals surface area contributed by atoms with Gasteiger partial charge in [0.25, 0.3) is 11.8 Å². The number of benzene rings is 3. The normalized spacial score (nSPS) is 14.5. The number of H-pyrrole nitrogens is 1. The first-order valence-corrected chi connectivity index (χ1v) is 12.6. The highest BCUT2D eigenvalue weighted by Gasteiger charge is 2.30. The van der Waals surface area contributed by atoms with Crippen LogP contribution in [0.1, 0.15) is 49.0 Å². The molecular formula is C30H28N4O3. The first kappa shape index (κ1) is 23.0. The summed E-state index contributed by atoms with van der Waals surface area (Å²) in [7, 11) is 1.66. The average Bonchev–Trinajstić information content (AvgIpc) is 3.52. The van der Waals surface area contributed by atoms with E-state index >= 15 is 0 Å². The molecule has 7 heteroatoms. The van der Waals surface area contributed by atoms with Crippen LogP contribution >= 0.6 is 0 Å². The van der Waals surface area contributed by atoms with Gasteiger partial charge in [-0.3, -0.25) is 14.7 Å². The average molecular weight is 493 g/mol. The van der Waals surface area contributed by atoms with Crippen molar-refractivity contribution < 1.29 is 14.3 Å². The van der Waals surface area contributed by atoms with Crippen LogP contribution in [0.15, 0.2) is 72.8 Å². The van der Waals surface area contributed by atoms with Gasteiger partial charge in [0.1, 0.15) is 11.4 Å². The summed E-state index contributed by atoms with van der Waals surface area (Å²) >= 11 is 0. The van der Waals surface area contributed by atoms with Crippen molar-refractivity contribution in [1.82, 2.24) is 20.4 Å². The molecule has 6 rings (SSSR count). The predicted octanol–water partition coefficient (Wildman–Crippen LogP) is 4.35. The molecule has 2 aliphatic rings. The molecule has 0 saturated heterocycles. The Balaban J connectivity index is 1.20. The highest BCUT2D eigenvalue weighted by Crippen LogP contribution is 2.35. The van der Waals surface area contributed by atoms with E-state index in [2.05, 4.69) is 15.5 Å². The smallest absolute Gasteiger partial charge is 0.269 e. The van der Waals surface area contributed by atoms with Crippen LogP contribution in [0.4, 0.5) is 0 Å². The largest absolute Gasteiger partial charge is 0.497 e. The Hall–Kier alpha value is -4.39. The van der Waals surface area contributed by atoms with Crippen LogP contribution in [0.5, 0.6) is 5.75 Å². The Morgan fingerprint density at radius 1 is 1.03 bits per heavy atom. The third-order valence-corrected chi connectivity index (χ3v) is 7.42. The number of aryl methyl sites for hydroxylation is 1. The Bertz CT molecular complexity index is 1480. The second kappa shape index (κ2) is 9.58. The van der Waals surface area contributed by atoms with E-state index < -0.39 is 0 Å². The van der Waals surface area contributed by atoms with Crippen LogP contribution in [0.2, 0.25) is 0 Å². The van der Waals surface area contributed by atoms with Crippen LogP contribution in [0.3, 0.4) is 0 Å². The minimum atomic E-state index is -0.178. The zero-order valence-corrected chi connectivity index (χ0v) is 20.7. The molecule has 1 aliphatic heterocycles. The molecule has 2 amide bonds. The van der Waals surface area contributed by atoms with Gasteiger partial charge in [-0.25, -0.2) is 0 Å². The van der Waals surface area contributed by atoms with E-state index in [1.807, 2.05) is 77.7 Å². The second-order valence-electron chi connectivity index (χ2n) is 9.61. The van der Waals surface area contributed by atoms with Crippen molar-refractivity contribution in [2.75, 3.05) is 20.2 Å². The number of ether oxygens (including phenoxy) is 1. The molecule has 37 heavy (non-hydrogen) atoms. The fourth-order valence-corrected chi connectivity index (χ4v) is 5.46. The number of hydrogen-bond donors (Lipinski definition) is 2. The summed E-state index contributed by atoms with van der Waals surface area (Å²) in [6.07, 6.45) is 1.56. The summed E-state index contributed by atoms with van der Waals surface area (Å²) in [6.45, 7) is 1.52. The van der Waals surface area contributed by atoms with Crippen molar-refractivity contribution in [2.45, 2.75) is 25.3 Å². The minimum absolute atomic E-state index is 0.0424. The predicted molar refractivity (Wildman–Crippen MR) is 141 cm³/mol. The topological polar surface area (TPSA) is 87.3 Å². The maximum atomic E-state index is 13.3. The minimum Gasteiger partial charge on any atom is -0.497 e. The first-order chi connectivity index (χ1) is 18.1. The third-order valence-electron chi connectivity index (χ3n) is 7.42. The van der Waals surface area contributed by atoms with E-state index in [9.17, 15) is 9.59 Å². The molecule has 0 bridgehead atoms. The van der Waals surface area contributed by atoms with E-state index in [0.29, 0.717) is 25.3 Å². The van der Waals surface area contributed by atoms with E-state index in [-0.39, 0.29) is 17.7 Å². The van der Waals surface area contributed by atoms with Gasteiger partial charge in [0.15, 0.2) is 0 Å². The summed E-state index contributed by atoms with van der Waals surface area (Å²) < 4.78 is 5.36. The number of aromatic nitrogens is 2. The molecule has 1 aliphatic carbocycles. The third kappa shape index (κ3) is 4.27. The van der Waals surface area contributed by atoms with E-state index in [1.54, 1.807) is 7.11 Å². The highest BCUT2D eigenvalue weighted by molar-refractivity contribution is 5.98. The second-order valence-corrected chi connectivity index (χ2v) is 9.61. The molecule has 1 atom stereocenters. The van der Waals surface area contributed by atoms with Crippen molar-refractivity contribution in [3.8, 4) is 17.0 Å². The Labute approximate surface area is 215 Å². The molecular weight excluding hydrogens is 464 g/mol. The fraction of sp³-hybridized carbons (Fsp3) is 0.233. The summed E-state index contributed by atoms with van der Waals surface area (Å²) in [6, 6.07) is 23.8. The summed E-state index contributed by atoms with van der Waals surface area (Å²) in [4.78, 5) is 28.2. The number of aromatic amines is 1. The highest BCUT2D eigenvalue weighted by atomic mass is 16.5. The van der Waals surface area contributed by atoms with Crippen LogP contribution in [-0.4, -0.2) is 47.1 Å². The zero-order chi connectivity index (χ0) is 25.4. The number of nitrogens with one attached hydrogen (secondary N) is 2. The maximum Gasteiger partial charge on any atom is 0.269 e. The van der Waals surface area contributed by atoms with Gasteiger partial charge in [-0.1, -0.05) is 48.5 Å². The number of amides is 2. The molecule has 2 heterocycles. The number of fused-ring (bicyclic) bond motifs is 4. The monoisotopic (exact) mass is 492 g/mol. The number of methoxy groups -OCH3 is 1. The molecule has 7 nitrogen and oxygen atoms in total. The fourth-order valence-electron chi connectivity index (χ4n) is 5.46. The molecule has 186 valence electrons. The quantitative estimate of drug-likeness (QED) is 0.402. The molecule has 2 N–H and O–H groups in total. The van der Waals surface area contributed by atoms with Gasteiger partial charge in [0.05, 0.1) is 12.8 Å². The number of carbonyl (C=O) groups excluding carboxylic acids is 2. The van der Waals surface area contributed by atoms with E-state index in [1.165, 1.54) is 5.56 Å². The lowest BCUT2D eigenvalue weighted by Gasteiger charge is -2.24. The van der Waals surface area contributed by atoms with Gasteiger partial charge >= 0.3 is 0 Å². The van der Waals surface area contributed by atoms with Crippen LogP contribution in [0.25, 0.3) is 11.3 Å². The van der Waals surface area contributed by atoms with Crippen molar-refractivity contribution in [2.24, 2.45) is 0 Å². The van der Waals surface area contributed by atoms with Crippen LogP contribution in [0, 0.1) is 0 Å². The molecule has 3 aromatic carbocycles. The van der Waals surface area contributed by atoms with E-state index in [4.69, 9.17) is 4.74 Å². The number of hydrogen-bond acceptors (Lipinski definition) is 4. The molecule has 0 radical (unpaired) electrons. The van der Waals surface area contributed by atoms with Gasteiger partial charge in [0.2, 0.25) is 0 Å². The number of carbonyl (C=O) groups is 2. The summed E-state index contributed by atoms with van der Waals surface area (Å²) in [5.74, 6) is 0.640. The van der Waals surface area contributed by atoms with Gasteiger partial charge in [-0.15, -0.1) is 0 Å². The Morgan fingerprint density at radius 2 is 1.84 bits per heavy atom. The lowest BCUT2D eigenvalue weighted by molar-refractivity contribution is 0.0767. The number of nitrogens with zero attached hydrogens (tertiary/aromatic N) is 2. The molecule has 0 fully saturated rings. The van der Waals surface area contributed by atoms with Crippen LogP contribution < -0.4 is 10.1 Å². The standard InChI is InChI=1S/C30H28N4O3/c1-37-23-12-14-24-20(15-23)11-13-26-27(24)32-33-28(26)29(35)31-16-22(19-7-3-2-4-8-19)18-34-17-21-9-5-6-10-25(21)30(34)36/h2-10,12,14-15,22H,11,13,16-18H2,1H3,(H,31,35)(H,32,33)/t22-/m0/s1. The Morgan fingerprint density at radius 3 is 2.65 bits per heavy atom. The van der Waals surface area contributed by atoms with Crippen molar-refractivity contribution >= 4 is 11.8 Å². The van der Waals surface area contributed by atoms with Gasteiger partial charge < -0.3 is 15.0 Å². The van der Waals surface area contributed by atoms with Crippen molar-refractivity contribution in [1.29, 1.82) is 0 Å². The van der Waals surface area contributed by atoms with Crippen LogP contribution in [-0.2, 0) is 19.4 Å². The van der Waals surface area contributed by atoms with Gasteiger partial charge in [-0.2, -0.15) is 5.10 Å². The summed E-state index contributed by atoms with van der Waals surface area (Å²) in [5, 5.41) is 10.6. The molecule has 0 unspecified atom stereocenters. The molecule has 0 saturated carbocycles. The number of rotatable bonds is 7. The Kier molecular flexibility index (Phi) is 5.96. The van der Waals surface area contributed by atoms with Gasteiger partial charge in [-0.05, 0) is 53.8 Å². The molecule has 1 aromatic heterocycles. The lowest BCUT2D eigenvalue weighted by atomic mass is 9.88. The van der Waals surface area contributed by atoms with E-state index in [0.717, 1.165) is 52.1 Å². The molecule has 0 spiro atoms. The van der Waals surface area contributed by atoms with Crippen molar-refractivity contribution in [3.63, 3.8) is 0 Å². The summed E-state index contributed by atoms with van der Waals surface area (Å²) in [5.41, 5.74) is 7.38. The molecule has 4 aromatic rings. The van der Waals surface area contributed by atoms with Gasteiger partial charge in [0, 0.05) is 42.2 Å². The van der Waals surface area contributed by atoms with Crippen molar-refractivity contribution in [3.05, 3.63) is 106 Å². The first-order valence-electron chi connectivity index (χ1n) is 12.6.